The van der Waals surface area contributed by atoms with E-state index >= 15 is 0 Å². The lowest BCUT2D eigenvalue weighted by molar-refractivity contribution is -0.913. The van der Waals surface area contributed by atoms with Crippen LogP contribution >= 0.6 is 0 Å². The largest absolute Gasteiger partial charge is 0.457 e. The van der Waals surface area contributed by atoms with E-state index in [-0.39, 0.29) is 25.1 Å². The number of quaternary nitrogens is 1. The number of ether oxygens (including phenoxy) is 1. The summed E-state index contributed by atoms with van der Waals surface area (Å²) in [7, 11) is 1.99. The highest BCUT2D eigenvalue weighted by atomic mass is 16.6. The highest BCUT2D eigenvalue weighted by molar-refractivity contribution is 5.90. The van der Waals surface area contributed by atoms with Crippen LogP contribution in [0.1, 0.15) is 24.0 Å². The first kappa shape index (κ1) is 23.5. The smallest absolute Gasteiger partial charge is 0.347 e. The van der Waals surface area contributed by atoms with Crippen molar-refractivity contribution in [3.05, 3.63) is 90.4 Å². The summed E-state index contributed by atoms with van der Waals surface area (Å²) in [6, 6.07) is 17.5. The van der Waals surface area contributed by atoms with E-state index in [0.717, 1.165) is 19.4 Å². The molecule has 34 heavy (non-hydrogen) atoms. The molecular weight excluding hydrogens is 432 g/mol. The van der Waals surface area contributed by atoms with Gasteiger partial charge in [0.25, 0.3) is 5.91 Å². The molecule has 176 valence electrons. The Balaban J connectivity index is 1.46. The number of hydrogen-bond donors (Lipinski definition) is 2. The number of anilines is 1. The molecule has 8 heteroatoms. The average Bonchev–Trinajstić information content (AvgIpc) is 3.23. The molecule has 1 saturated heterocycles. The fraction of sp³-hybridized carbons (Fsp3) is 0.308. The van der Waals surface area contributed by atoms with Gasteiger partial charge in [0.15, 0.2) is 12.4 Å². The molecule has 1 aliphatic heterocycles. The number of carbonyl (C=O) groups excluding carboxylic acids is 2. The van der Waals surface area contributed by atoms with Gasteiger partial charge in [-0.05, 0) is 11.1 Å². The first-order valence-electron chi connectivity index (χ1n) is 11.3. The van der Waals surface area contributed by atoms with Crippen molar-refractivity contribution in [2.75, 3.05) is 32.1 Å². The molecule has 0 bridgehead atoms. The molecule has 0 saturated carbocycles. The number of nitrogens with zero attached hydrogens (tertiary/aromatic N) is 3. The van der Waals surface area contributed by atoms with Crippen molar-refractivity contribution >= 4 is 17.7 Å². The topological polar surface area (TPSA) is 101 Å². The van der Waals surface area contributed by atoms with E-state index in [9.17, 15) is 14.7 Å². The first-order valence-corrected chi connectivity index (χ1v) is 11.3. The summed E-state index contributed by atoms with van der Waals surface area (Å²) in [5.41, 5.74) is -1.04. The number of likely N-dealkylation sites (N-methyl/N-ethyl adjacent to an activating group) is 1. The molecule has 0 radical (unpaired) electrons. The number of esters is 1. The molecule has 1 aromatic heterocycles. The number of aliphatic hydroxyl groups is 1. The number of aromatic nitrogens is 2. The minimum Gasteiger partial charge on any atom is -0.457 e. The van der Waals surface area contributed by atoms with Crippen LogP contribution in [-0.4, -0.2) is 64.2 Å². The van der Waals surface area contributed by atoms with Crippen LogP contribution in [0.5, 0.6) is 0 Å². The van der Waals surface area contributed by atoms with E-state index in [1.807, 2.05) is 19.2 Å². The standard InChI is InChI=1S/C26H28N4O4/c1-30(18-24(31)29-23-17-27-14-15-28-23)16-8-13-22(30)19-34-25(32)26(33,20-9-4-2-5-10-20)21-11-6-3-7-12-21/h2-7,9-12,14-15,17,22,33H,8,13,16,18-19H2,1H3/p+1. The van der Waals surface area contributed by atoms with Crippen LogP contribution in [0.25, 0.3) is 0 Å². The Hall–Kier alpha value is -3.62. The molecule has 1 aliphatic rings. The van der Waals surface area contributed by atoms with Crippen molar-refractivity contribution in [1.82, 2.24) is 9.97 Å². The van der Waals surface area contributed by atoms with Gasteiger partial charge < -0.3 is 19.6 Å². The van der Waals surface area contributed by atoms with Crippen molar-refractivity contribution < 1.29 is 23.9 Å². The lowest BCUT2D eigenvalue weighted by Crippen LogP contribution is -2.54. The molecule has 2 heterocycles. The lowest BCUT2D eigenvalue weighted by Gasteiger charge is -2.36. The molecule has 2 aromatic carbocycles. The molecule has 2 unspecified atom stereocenters. The number of benzene rings is 2. The van der Waals surface area contributed by atoms with E-state index in [0.29, 0.717) is 21.4 Å². The van der Waals surface area contributed by atoms with Crippen molar-refractivity contribution in [1.29, 1.82) is 0 Å². The number of rotatable bonds is 8. The Morgan fingerprint density at radius 2 is 1.74 bits per heavy atom. The third-order valence-corrected chi connectivity index (χ3v) is 6.51. The van der Waals surface area contributed by atoms with Crippen LogP contribution in [0.3, 0.4) is 0 Å². The highest BCUT2D eigenvalue weighted by Crippen LogP contribution is 2.32. The van der Waals surface area contributed by atoms with Gasteiger partial charge >= 0.3 is 5.97 Å². The van der Waals surface area contributed by atoms with E-state index < -0.39 is 11.6 Å². The lowest BCUT2D eigenvalue weighted by atomic mass is 9.86. The second kappa shape index (κ2) is 10.1. The SMILES string of the molecule is C[N+]1(CC(=O)Nc2cnccn2)CCCC1COC(=O)C(O)(c1ccccc1)c1ccccc1. The van der Waals surface area contributed by atoms with E-state index in [1.54, 1.807) is 54.7 Å². The molecule has 0 aliphatic carbocycles. The van der Waals surface area contributed by atoms with E-state index in [2.05, 4.69) is 15.3 Å². The number of amides is 1. The van der Waals surface area contributed by atoms with E-state index in [4.69, 9.17) is 4.74 Å². The van der Waals surface area contributed by atoms with Gasteiger partial charge in [0.05, 0.1) is 19.8 Å². The molecule has 2 N–H and O–H groups in total. The molecular formula is C26H29N4O4+. The Kier molecular flexibility index (Phi) is 7.00. The average molecular weight is 462 g/mol. The van der Waals surface area contributed by atoms with Crippen LogP contribution in [-0.2, 0) is 19.9 Å². The van der Waals surface area contributed by atoms with Gasteiger partial charge in [0.1, 0.15) is 12.6 Å². The Bertz CT molecular complexity index is 1070. The minimum atomic E-state index is -1.92. The van der Waals surface area contributed by atoms with Crippen LogP contribution < -0.4 is 5.32 Å². The predicted molar refractivity (Wildman–Crippen MR) is 126 cm³/mol. The predicted octanol–water partition coefficient (Wildman–Crippen LogP) is 2.50. The fourth-order valence-corrected chi connectivity index (χ4v) is 4.57. The summed E-state index contributed by atoms with van der Waals surface area (Å²) in [5.74, 6) is -0.504. The van der Waals surface area contributed by atoms with Gasteiger partial charge in [-0.1, -0.05) is 60.7 Å². The summed E-state index contributed by atoms with van der Waals surface area (Å²) in [5, 5.41) is 14.4. The number of hydrogen-bond acceptors (Lipinski definition) is 6. The third-order valence-electron chi connectivity index (χ3n) is 6.51. The molecule has 3 aromatic rings. The van der Waals surface area contributed by atoms with Gasteiger partial charge in [0.2, 0.25) is 5.60 Å². The van der Waals surface area contributed by atoms with Crippen molar-refractivity contribution in [3.8, 4) is 0 Å². The van der Waals surface area contributed by atoms with Crippen LogP contribution in [0.2, 0.25) is 0 Å². The third kappa shape index (κ3) is 4.98. The summed E-state index contributed by atoms with van der Waals surface area (Å²) in [4.78, 5) is 34.0. The summed E-state index contributed by atoms with van der Waals surface area (Å²) in [6.07, 6.45) is 6.29. The van der Waals surface area contributed by atoms with Crippen LogP contribution in [0.15, 0.2) is 79.3 Å². The first-order chi connectivity index (χ1) is 16.4. The number of likely N-dealkylation sites (tertiary alicyclic amines) is 1. The minimum absolute atomic E-state index is 0.0626. The van der Waals surface area contributed by atoms with Gasteiger partial charge in [0, 0.05) is 25.2 Å². The molecule has 4 rings (SSSR count). The zero-order chi connectivity index (χ0) is 24.0. The molecule has 1 amide bonds. The summed E-state index contributed by atoms with van der Waals surface area (Å²) in [6.45, 7) is 1.12. The Labute approximate surface area is 198 Å². The van der Waals surface area contributed by atoms with Crippen LogP contribution in [0, 0.1) is 0 Å². The quantitative estimate of drug-likeness (QED) is 0.395. The maximum atomic E-state index is 13.3. The zero-order valence-corrected chi connectivity index (χ0v) is 19.1. The normalized spacial score (nSPS) is 20.0. The fourth-order valence-electron chi connectivity index (χ4n) is 4.57. The van der Waals surface area contributed by atoms with Crippen molar-refractivity contribution in [3.63, 3.8) is 0 Å². The summed E-state index contributed by atoms with van der Waals surface area (Å²) >= 11 is 0. The Morgan fingerprint density at radius 1 is 1.09 bits per heavy atom. The van der Waals surface area contributed by atoms with Gasteiger partial charge in [-0.3, -0.25) is 9.78 Å². The highest BCUT2D eigenvalue weighted by Gasteiger charge is 2.45. The number of carbonyl (C=O) groups is 2. The number of nitrogens with one attached hydrogen (secondary N) is 1. The molecule has 0 spiro atoms. The van der Waals surface area contributed by atoms with E-state index in [1.165, 1.54) is 12.4 Å². The van der Waals surface area contributed by atoms with Gasteiger partial charge in [-0.15, -0.1) is 0 Å². The molecule has 8 nitrogen and oxygen atoms in total. The monoisotopic (exact) mass is 461 g/mol. The molecule has 2 atom stereocenters. The Morgan fingerprint density at radius 3 is 2.32 bits per heavy atom. The van der Waals surface area contributed by atoms with Crippen molar-refractivity contribution in [2.24, 2.45) is 0 Å². The maximum Gasteiger partial charge on any atom is 0.347 e. The van der Waals surface area contributed by atoms with Crippen LogP contribution in [0.4, 0.5) is 5.82 Å². The zero-order valence-electron chi connectivity index (χ0n) is 19.1. The second-order valence-electron chi connectivity index (χ2n) is 8.84. The summed E-state index contributed by atoms with van der Waals surface area (Å²) < 4.78 is 6.18. The maximum absolute atomic E-state index is 13.3. The van der Waals surface area contributed by atoms with Gasteiger partial charge in [-0.2, -0.15) is 0 Å². The molecule has 1 fully saturated rings. The second-order valence-corrected chi connectivity index (χ2v) is 8.84. The van der Waals surface area contributed by atoms with Gasteiger partial charge in [-0.25, -0.2) is 9.78 Å². The van der Waals surface area contributed by atoms with Crippen molar-refractivity contribution in [2.45, 2.75) is 24.5 Å².